The van der Waals surface area contributed by atoms with E-state index in [4.69, 9.17) is 4.74 Å². The molecule has 1 aromatic heterocycles. The van der Waals surface area contributed by atoms with E-state index in [1.54, 1.807) is 23.7 Å². The molecule has 29 heavy (non-hydrogen) atoms. The number of ether oxygens (including phenoxy) is 1. The lowest BCUT2D eigenvalue weighted by Crippen LogP contribution is -2.09. The largest absolute Gasteiger partial charge is 0.423 e. The van der Waals surface area contributed by atoms with Gasteiger partial charge in [-0.2, -0.15) is 0 Å². The number of nitro groups is 1. The van der Waals surface area contributed by atoms with Crippen LogP contribution in [0.25, 0.3) is 0 Å². The lowest BCUT2D eigenvalue weighted by atomic mass is 9.98. The second kappa shape index (κ2) is 8.44. The maximum Gasteiger partial charge on any atom is 0.343 e. The topological polar surface area (TPSA) is 100 Å². The highest BCUT2D eigenvalue weighted by atomic mass is 32.2. The van der Waals surface area contributed by atoms with Crippen molar-refractivity contribution in [2.24, 2.45) is 7.05 Å². The molecule has 0 N–H and O–H groups in total. The van der Waals surface area contributed by atoms with Crippen LogP contribution in [0.4, 0.5) is 5.69 Å². The summed E-state index contributed by atoms with van der Waals surface area (Å²) in [6.07, 6.45) is 1.51. The van der Waals surface area contributed by atoms with E-state index in [1.165, 1.54) is 30.1 Å². The third-order valence-corrected chi connectivity index (χ3v) is 5.45. The Morgan fingerprint density at radius 1 is 1.24 bits per heavy atom. The van der Waals surface area contributed by atoms with Crippen LogP contribution in [-0.4, -0.2) is 25.7 Å². The first kappa shape index (κ1) is 20.5. The molecule has 3 rings (SSSR count). The van der Waals surface area contributed by atoms with E-state index < -0.39 is 10.9 Å². The molecule has 0 spiro atoms. The highest BCUT2D eigenvalue weighted by Gasteiger charge is 2.21. The number of carbonyl (C=O) groups excluding carboxylic acids is 1. The van der Waals surface area contributed by atoms with Crippen molar-refractivity contribution in [1.82, 2.24) is 14.8 Å². The predicted molar refractivity (Wildman–Crippen MR) is 108 cm³/mol. The Hall–Kier alpha value is -3.20. The zero-order valence-corrected chi connectivity index (χ0v) is 17.3. The van der Waals surface area contributed by atoms with E-state index in [1.807, 2.05) is 13.0 Å². The fourth-order valence-electron chi connectivity index (χ4n) is 2.86. The van der Waals surface area contributed by atoms with Gasteiger partial charge in [-0.05, 0) is 60.0 Å². The number of aromatic nitrogens is 3. The van der Waals surface area contributed by atoms with Gasteiger partial charge in [0.15, 0.2) is 5.16 Å². The van der Waals surface area contributed by atoms with Crippen molar-refractivity contribution in [1.29, 1.82) is 0 Å². The molecular formula is C20H20N4O4S. The molecule has 0 aliphatic carbocycles. The lowest BCUT2D eigenvalue weighted by molar-refractivity contribution is -0.387. The maximum atomic E-state index is 12.5. The molecule has 0 unspecified atom stereocenters. The molecule has 0 aliphatic rings. The fourth-order valence-corrected chi connectivity index (χ4v) is 3.71. The third kappa shape index (κ3) is 4.62. The van der Waals surface area contributed by atoms with Crippen molar-refractivity contribution in [3.05, 3.63) is 69.5 Å². The van der Waals surface area contributed by atoms with Gasteiger partial charge in [-0.3, -0.25) is 10.1 Å². The summed E-state index contributed by atoms with van der Waals surface area (Å²) in [7, 11) is 1.74. The van der Waals surface area contributed by atoms with Gasteiger partial charge in [0.25, 0.3) is 5.69 Å². The SMILES string of the molecule is Cc1cc(OC(=O)c2ccc(Sc3nncn3C)c([N+](=O)[O-])c2)ccc1C(C)C. The highest BCUT2D eigenvalue weighted by molar-refractivity contribution is 7.99. The number of aryl methyl sites for hydroxylation is 2. The molecule has 1 heterocycles. The first-order valence-corrected chi connectivity index (χ1v) is 9.71. The molecule has 0 saturated heterocycles. The van der Waals surface area contributed by atoms with Crippen LogP contribution in [-0.2, 0) is 7.05 Å². The molecule has 0 fully saturated rings. The maximum absolute atomic E-state index is 12.5. The van der Waals surface area contributed by atoms with E-state index in [0.717, 1.165) is 17.3 Å². The summed E-state index contributed by atoms with van der Waals surface area (Å²) in [4.78, 5) is 23.9. The number of nitro benzene ring substituents is 1. The number of benzene rings is 2. The van der Waals surface area contributed by atoms with Gasteiger partial charge in [0, 0.05) is 13.1 Å². The summed E-state index contributed by atoms with van der Waals surface area (Å²) >= 11 is 1.10. The van der Waals surface area contributed by atoms with Gasteiger partial charge in [-0.25, -0.2) is 4.79 Å². The van der Waals surface area contributed by atoms with Gasteiger partial charge in [0.1, 0.15) is 12.1 Å². The van der Waals surface area contributed by atoms with Crippen LogP contribution in [0.2, 0.25) is 0 Å². The zero-order valence-electron chi connectivity index (χ0n) is 16.4. The minimum atomic E-state index is -0.653. The van der Waals surface area contributed by atoms with Crippen LogP contribution >= 0.6 is 11.8 Å². The molecule has 3 aromatic rings. The predicted octanol–water partition coefficient (Wildman–Crippen LogP) is 4.53. The van der Waals surface area contributed by atoms with Crippen molar-refractivity contribution in [2.45, 2.75) is 36.7 Å². The Morgan fingerprint density at radius 2 is 2.00 bits per heavy atom. The van der Waals surface area contributed by atoms with Crippen LogP contribution in [0.3, 0.4) is 0 Å². The minimum absolute atomic E-state index is 0.101. The average Bonchev–Trinajstić information content (AvgIpc) is 3.06. The summed E-state index contributed by atoms with van der Waals surface area (Å²) in [5.41, 5.74) is 2.10. The molecule has 9 heteroatoms. The Kier molecular flexibility index (Phi) is 5.97. The average molecular weight is 412 g/mol. The molecule has 2 aromatic carbocycles. The molecule has 0 atom stereocenters. The number of nitrogens with zero attached hydrogens (tertiary/aromatic N) is 4. The Morgan fingerprint density at radius 3 is 2.59 bits per heavy atom. The van der Waals surface area contributed by atoms with Gasteiger partial charge in [0.05, 0.1) is 15.4 Å². The molecule has 0 radical (unpaired) electrons. The van der Waals surface area contributed by atoms with E-state index in [-0.39, 0.29) is 11.3 Å². The van der Waals surface area contributed by atoms with Crippen LogP contribution in [0.5, 0.6) is 5.75 Å². The highest BCUT2D eigenvalue weighted by Crippen LogP contribution is 2.34. The van der Waals surface area contributed by atoms with E-state index in [2.05, 4.69) is 24.0 Å². The van der Waals surface area contributed by atoms with E-state index >= 15 is 0 Å². The van der Waals surface area contributed by atoms with Gasteiger partial charge in [-0.1, -0.05) is 19.9 Å². The van der Waals surface area contributed by atoms with E-state index in [9.17, 15) is 14.9 Å². The number of rotatable bonds is 6. The molecule has 0 saturated carbocycles. The first-order valence-electron chi connectivity index (χ1n) is 8.89. The number of hydrogen-bond acceptors (Lipinski definition) is 7. The summed E-state index contributed by atoms with van der Waals surface area (Å²) in [5.74, 6) is 0.110. The van der Waals surface area contributed by atoms with Crippen LogP contribution in [0.1, 0.15) is 41.3 Å². The third-order valence-electron chi connectivity index (χ3n) is 4.34. The normalized spacial score (nSPS) is 10.9. The van der Waals surface area contributed by atoms with Gasteiger partial charge >= 0.3 is 5.97 Å². The minimum Gasteiger partial charge on any atom is -0.423 e. The summed E-state index contributed by atoms with van der Waals surface area (Å²) < 4.78 is 7.07. The van der Waals surface area contributed by atoms with Gasteiger partial charge in [-0.15, -0.1) is 10.2 Å². The monoisotopic (exact) mass is 412 g/mol. The number of hydrogen-bond donors (Lipinski definition) is 0. The van der Waals surface area contributed by atoms with Crippen molar-refractivity contribution in [3.63, 3.8) is 0 Å². The van der Waals surface area contributed by atoms with Crippen molar-refractivity contribution in [2.75, 3.05) is 0 Å². The van der Waals surface area contributed by atoms with Crippen molar-refractivity contribution in [3.8, 4) is 5.75 Å². The molecule has 8 nitrogen and oxygen atoms in total. The smallest absolute Gasteiger partial charge is 0.343 e. The Bertz CT molecular complexity index is 1080. The summed E-state index contributed by atoms with van der Waals surface area (Å²) in [6.45, 7) is 6.14. The van der Waals surface area contributed by atoms with Crippen LogP contribution in [0.15, 0.2) is 52.8 Å². The first-order chi connectivity index (χ1) is 13.8. The molecule has 0 bridgehead atoms. The molecular weight excluding hydrogens is 392 g/mol. The van der Waals surface area contributed by atoms with Crippen LogP contribution in [0, 0.1) is 17.0 Å². The van der Waals surface area contributed by atoms with Crippen molar-refractivity contribution < 1.29 is 14.5 Å². The lowest BCUT2D eigenvalue weighted by Gasteiger charge is -2.12. The zero-order chi connectivity index (χ0) is 21.1. The summed E-state index contributed by atoms with van der Waals surface area (Å²) in [5, 5.41) is 19.7. The van der Waals surface area contributed by atoms with Gasteiger partial charge in [0.2, 0.25) is 0 Å². The fraction of sp³-hybridized carbons (Fsp3) is 0.250. The standard InChI is InChI=1S/C20H20N4O4S/c1-12(2)16-7-6-15(9-13(16)3)28-19(25)14-5-8-18(17(10-14)24(26)27)29-20-22-21-11-23(20)4/h5-12H,1-4H3. The molecule has 150 valence electrons. The van der Waals surface area contributed by atoms with Crippen LogP contribution < -0.4 is 4.74 Å². The number of esters is 1. The second-order valence-electron chi connectivity index (χ2n) is 6.83. The number of carbonyl (C=O) groups is 1. The van der Waals surface area contributed by atoms with Gasteiger partial charge < -0.3 is 9.30 Å². The van der Waals surface area contributed by atoms with Crippen molar-refractivity contribution >= 4 is 23.4 Å². The summed E-state index contributed by atoms with van der Waals surface area (Å²) in [6, 6.07) is 9.68. The van der Waals surface area contributed by atoms with E-state index in [0.29, 0.717) is 21.7 Å². The Balaban J connectivity index is 1.84. The Labute approximate surface area is 172 Å². The quantitative estimate of drug-likeness (QED) is 0.254. The molecule has 0 amide bonds. The second-order valence-corrected chi connectivity index (χ2v) is 7.84. The molecule has 0 aliphatic heterocycles.